The van der Waals surface area contributed by atoms with Crippen LogP contribution in [-0.4, -0.2) is 14.9 Å². The normalized spacial score (nSPS) is 10.3. The highest BCUT2D eigenvalue weighted by Crippen LogP contribution is 2.18. The summed E-state index contributed by atoms with van der Waals surface area (Å²) in [5.41, 5.74) is 2.66. The maximum Gasteiger partial charge on any atom is 0.193 e. The molecule has 0 unspecified atom stereocenters. The van der Waals surface area contributed by atoms with Crippen LogP contribution < -0.4 is 16.2 Å². The molecule has 5 nitrogen and oxygen atoms in total. The zero-order valence-corrected chi connectivity index (χ0v) is 13.5. The first kappa shape index (κ1) is 15.2. The number of para-hydroxylation sites is 2. The minimum Gasteiger partial charge on any atom is -0.316 e. The van der Waals surface area contributed by atoms with Crippen molar-refractivity contribution in [2.75, 3.05) is 10.3 Å². The van der Waals surface area contributed by atoms with E-state index in [-0.39, 0.29) is 0 Å². The van der Waals surface area contributed by atoms with Crippen LogP contribution in [0.2, 0.25) is 0 Å². The summed E-state index contributed by atoms with van der Waals surface area (Å²) in [7, 11) is 0. The number of hydrogen-bond acceptors (Lipinski definition) is 3. The minimum atomic E-state index is 0.397. The van der Waals surface area contributed by atoms with Gasteiger partial charge in [-0.3, -0.25) is 5.01 Å². The SMILES string of the molecule is Cc1cc(NC(=S)N(N)c2ccccc2)n(-c2ccccc2)n1. The van der Waals surface area contributed by atoms with E-state index in [1.54, 1.807) is 4.68 Å². The summed E-state index contributed by atoms with van der Waals surface area (Å²) in [6.45, 7) is 1.94. The van der Waals surface area contributed by atoms with Gasteiger partial charge in [-0.1, -0.05) is 36.4 Å². The van der Waals surface area contributed by atoms with Crippen LogP contribution >= 0.6 is 12.2 Å². The number of aryl methyl sites for hydroxylation is 1. The topological polar surface area (TPSA) is 59.1 Å². The zero-order chi connectivity index (χ0) is 16.2. The lowest BCUT2D eigenvalue weighted by Crippen LogP contribution is -2.40. The fourth-order valence-corrected chi connectivity index (χ4v) is 2.44. The van der Waals surface area contributed by atoms with Crippen molar-refractivity contribution in [1.29, 1.82) is 0 Å². The molecule has 3 N–H and O–H groups in total. The van der Waals surface area contributed by atoms with Gasteiger partial charge in [0, 0.05) is 6.07 Å². The number of rotatable bonds is 3. The molecule has 23 heavy (non-hydrogen) atoms. The minimum absolute atomic E-state index is 0.397. The van der Waals surface area contributed by atoms with Crippen molar-refractivity contribution in [2.45, 2.75) is 6.92 Å². The Morgan fingerprint density at radius 2 is 1.70 bits per heavy atom. The van der Waals surface area contributed by atoms with Crippen molar-refractivity contribution in [2.24, 2.45) is 5.84 Å². The van der Waals surface area contributed by atoms with E-state index in [1.807, 2.05) is 73.7 Å². The molecular weight excluding hydrogens is 306 g/mol. The summed E-state index contributed by atoms with van der Waals surface area (Å²) in [5, 5.41) is 9.50. The molecule has 0 aliphatic rings. The van der Waals surface area contributed by atoms with Gasteiger partial charge in [0.15, 0.2) is 5.11 Å². The average Bonchev–Trinajstić information content (AvgIpc) is 2.96. The Morgan fingerprint density at radius 3 is 2.35 bits per heavy atom. The predicted molar refractivity (Wildman–Crippen MR) is 97.6 cm³/mol. The highest BCUT2D eigenvalue weighted by atomic mass is 32.1. The lowest BCUT2D eigenvalue weighted by molar-refractivity contribution is 0.870. The van der Waals surface area contributed by atoms with Crippen LogP contribution in [-0.2, 0) is 0 Å². The van der Waals surface area contributed by atoms with Crippen LogP contribution in [0.4, 0.5) is 11.5 Å². The van der Waals surface area contributed by atoms with Gasteiger partial charge < -0.3 is 5.32 Å². The number of nitrogens with zero attached hydrogens (tertiary/aromatic N) is 3. The predicted octanol–water partition coefficient (Wildman–Crippen LogP) is 3.26. The van der Waals surface area contributed by atoms with Crippen molar-refractivity contribution < 1.29 is 0 Å². The van der Waals surface area contributed by atoms with E-state index in [9.17, 15) is 0 Å². The van der Waals surface area contributed by atoms with Gasteiger partial charge in [-0.2, -0.15) is 5.10 Å². The second-order valence-corrected chi connectivity index (χ2v) is 5.44. The van der Waals surface area contributed by atoms with Crippen molar-refractivity contribution in [1.82, 2.24) is 9.78 Å². The third kappa shape index (κ3) is 3.39. The number of anilines is 2. The van der Waals surface area contributed by atoms with Crippen LogP contribution in [0.1, 0.15) is 5.69 Å². The highest BCUT2D eigenvalue weighted by molar-refractivity contribution is 7.80. The maximum absolute atomic E-state index is 6.08. The van der Waals surface area contributed by atoms with E-state index in [1.165, 1.54) is 5.01 Å². The average molecular weight is 323 g/mol. The summed E-state index contributed by atoms with van der Waals surface area (Å²) >= 11 is 5.41. The molecule has 2 aromatic carbocycles. The molecule has 116 valence electrons. The molecule has 0 atom stereocenters. The third-order valence-electron chi connectivity index (χ3n) is 3.32. The van der Waals surface area contributed by atoms with E-state index in [0.29, 0.717) is 5.11 Å². The second kappa shape index (κ2) is 6.60. The number of hydrogen-bond donors (Lipinski definition) is 2. The summed E-state index contributed by atoms with van der Waals surface area (Å²) in [6.07, 6.45) is 0. The van der Waals surface area contributed by atoms with Crippen molar-refractivity contribution in [3.8, 4) is 5.69 Å². The van der Waals surface area contributed by atoms with Crippen LogP contribution in [0.5, 0.6) is 0 Å². The Hall–Kier alpha value is -2.70. The fourth-order valence-electron chi connectivity index (χ4n) is 2.23. The Kier molecular flexibility index (Phi) is 4.36. The smallest absolute Gasteiger partial charge is 0.193 e. The second-order valence-electron chi connectivity index (χ2n) is 5.05. The number of nitrogens with two attached hydrogens (primary N) is 1. The third-order valence-corrected chi connectivity index (χ3v) is 3.62. The number of nitrogens with one attached hydrogen (secondary N) is 1. The van der Waals surface area contributed by atoms with Gasteiger partial charge in [-0.05, 0) is 43.4 Å². The number of aromatic nitrogens is 2. The number of benzene rings is 2. The molecule has 1 aromatic heterocycles. The molecule has 0 spiro atoms. The van der Waals surface area contributed by atoms with Gasteiger partial charge in [0.05, 0.1) is 17.1 Å². The van der Waals surface area contributed by atoms with Crippen LogP contribution in [0, 0.1) is 6.92 Å². The standard InChI is InChI=1S/C17H17N5S/c1-13-12-16(22(20-13)15-10-6-3-7-11-15)19-17(23)21(18)14-8-4-2-5-9-14/h2-12H,18H2,1H3,(H,19,23). The van der Waals surface area contributed by atoms with Crippen molar-refractivity contribution >= 4 is 28.8 Å². The Bertz CT molecular complexity index is 798. The van der Waals surface area contributed by atoms with Gasteiger partial charge >= 0.3 is 0 Å². The molecule has 0 bridgehead atoms. The highest BCUT2D eigenvalue weighted by Gasteiger charge is 2.12. The monoisotopic (exact) mass is 323 g/mol. The number of hydrazine groups is 1. The summed E-state index contributed by atoms with van der Waals surface area (Å²) < 4.78 is 1.81. The largest absolute Gasteiger partial charge is 0.316 e. The molecule has 0 amide bonds. The van der Waals surface area contributed by atoms with E-state index in [2.05, 4.69) is 10.4 Å². The van der Waals surface area contributed by atoms with Gasteiger partial charge in [0.1, 0.15) is 5.82 Å². The molecule has 0 fully saturated rings. The fraction of sp³-hybridized carbons (Fsp3) is 0.0588. The molecule has 0 radical (unpaired) electrons. The van der Waals surface area contributed by atoms with E-state index in [0.717, 1.165) is 22.9 Å². The molecule has 0 aliphatic carbocycles. The van der Waals surface area contributed by atoms with E-state index >= 15 is 0 Å². The zero-order valence-electron chi connectivity index (χ0n) is 12.7. The Labute approximate surface area is 140 Å². The quantitative estimate of drug-likeness (QED) is 0.440. The van der Waals surface area contributed by atoms with Crippen LogP contribution in [0.25, 0.3) is 5.69 Å². The van der Waals surface area contributed by atoms with Gasteiger partial charge in [-0.25, -0.2) is 10.5 Å². The lowest BCUT2D eigenvalue weighted by Gasteiger charge is -2.20. The molecule has 0 aliphatic heterocycles. The first-order valence-corrected chi connectivity index (χ1v) is 7.59. The first-order valence-electron chi connectivity index (χ1n) is 7.18. The van der Waals surface area contributed by atoms with Gasteiger partial charge in [0.25, 0.3) is 0 Å². The Morgan fingerprint density at radius 1 is 1.09 bits per heavy atom. The van der Waals surface area contributed by atoms with Crippen LogP contribution in [0.15, 0.2) is 66.7 Å². The first-order chi connectivity index (χ1) is 11.1. The molecular formula is C17H17N5S. The summed E-state index contributed by atoms with van der Waals surface area (Å²) in [4.78, 5) is 0. The van der Waals surface area contributed by atoms with Crippen molar-refractivity contribution in [3.05, 3.63) is 72.4 Å². The molecule has 0 saturated heterocycles. The van der Waals surface area contributed by atoms with E-state index < -0.39 is 0 Å². The van der Waals surface area contributed by atoms with E-state index in [4.69, 9.17) is 18.1 Å². The molecule has 3 rings (SSSR count). The molecule has 1 heterocycles. The lowest BCUT2D eigenvalue weighted by atomic mass is 10.3. The summed E-state index contributed by atoms with van der Waals surface area (Å²) in [5.74, 6) is 6.85. The van der Waals surface area contributed by atoms with Gasteiger partial charge in [0.2, 0.25) is 0 Å². The van der Waals surface area contributed by atoms with Crippen LogP contribution in [0.3, 0.4) is 0 Å². The molecule has 3 aromatic rings. The van der Waals surface area contributed by atoms with Crippen molar-refractivity contribution in [3.63, 3.8) is 0 Å². The molecule has 0 saturated carbocycles. The maximum atomic E-state index is 6.08. The summed E-state index contributed by atoms with van der Waals surface area (Å²) in [6, 6.07) is 21.3. The number of thiocarbonyl (C=S) groups is 1. The van der Waals surface area contributed by atoms with Gasteiger partial charge in [-0.15, -0.1) is 0 Å². The Balaban J connectivity index is 1.85. The molecule has 6 heteroatoms.